The number of aromatic nitrogens is 3. The number of benzene rings is 4. The molecular weight excluding hydrogens is 660 g/mol. The smallest absolute Gasteiger partial charge is 0.285 e. The summed E-state index contributed by atoms with van der Waals surface area (Å²) in [5, 5.41) is 13.2. The van der Waals surface area contributed by atoms with Crippen molar-refractivity contribution < 1.29 is 17.2 Å². The van der Waals surface area contributed by atoms with Gasteiger partial charge in [-0.1, -0.05) is 48.5 Å². The van der Waals surface area contributed by atoms with Gasteiger partial charge in [-0.15, -0.1) is 15.7 Å². The molecule has 0 amide bonds. The molecule has 7 aromatic rings. The predicted octanol–water partition coefficient (Wildman–Crippen LogP) is 7.77. The van der Waals surface area contributed by atoms with Gasteiger partial charge in [0.15, 0.2) is 0 Å². The van der Waals surface area contributed by atoms with E-state index in [0.717, 1.165) is 28.2 Å². The number of thiazole rings is 1. The van der Waals surface area contributed by atoms with Crippen LogP contribution in [0.2, 0.25) is 0 Å². The number of furan rings is 1. The molecule has 8 rings (SSSR count). The van der Waals surface area contributed by atoms with Gasteiger partial charge in [0.25, 0.3) is 10.0 Å². The summed E-state index contributed by atoms with van der Waals surface area (Å²) in [5.74, 6) is 0.277. The molecule has 1 atom stereocenters. The van der Waals surface area contributed by atoms with E-state index in [1.54, 1.807) is 35.1 Å². The maximum Gasteiger partial charge on any atom is 0.285 e. The molecule has 0 saturated heterocycles. The van der Waals surface area contributed by atoms with Crippen LogP contribution < -0.4 is 9.81 Å². The van der Waals surface area contributed by atoms with Crippen LogP contribution in [0.4, 0.5) is 10.1 Å². The van der Waals surface area contributed by atoms with E-state index in [-0.39, 0.29) is 15.7 Å². The van der Waals surface area contributed by atoms with Crippen molar-refractivity contribution in [3.8, 4) is 22.6 Å². The largest absolute Gasteiger partial charge is 0.463 e. The van der Waals surface area contributed by atoms with Crippen LogP contribution in [0.3, 0.4) is 0 Å². The Hall–Kier alpha value is -5.85. The molecule has 0 radical (unpaired) electrons. The van der Waals surface area contributed by atoms with Gasteiger partial charge in [-0.05, 0) is 78.4 Å². The minimum atomic E-state index is -4.14. The summed E-state index contributed by atoms with van der Waals surface area (Å²) < 4.78 is 54.8. The standard InChI is InChI=1S/C37H27FN6O3S2/c38-28-13-15-30(16-14-28)43-35(26-8-3-1-4-9-26)25-48-37(43)41-49(45,46)32-19-17-31(18-20-32)44-34(22-33(40-44)36-12-7-21-47-36)27-23-39-42(24-27)29-10-5-2-6-11-29/h1-21,23-25,34H,22H2/b41-37+. The molecule has 1 unspecified atom stereocenters. The van der Waals surface area contributed by atoms with Crippen molar-refractivity contribution >= 4 is 32.8 Å². The maximum absolute atomic E-state index is 13.8. The Balaban J connectivity index is 1.15. The highest BCUT2D eigenvalue weighted by Crippen LogP contribution is 2.37. The second-order valence-corrected chi connectivity index (χ2v) is 13.7. The summed E-state index contributed by atoms with van der Waals surface area (Å²) >= 11 is 1.19. The molecule has 0 aliphatic carbocycles. The van der Waals surface area contributed by atoms with Crippen LogP contribution in [0, 0.1) is 5.82 Å². The highest BCUT2D eigenvalue weighted by atomic mass is 32.2. The molecular formula is C37H27FN6O3S2. The number of sulfonamides is 1. The molecule has 1 aliphatic heterocycles. The molecule has 4 heterocycles. The fourth-order valence-corrected chi connectivity index (χ4v) is 7.89. The van der Waals surface area contributed by atoms with Gasteiger partial charge in [0, 0.05) is 29.2 Å². The molecule has 4 aromatic carbocycles. The number of rotatable bonds is 8. The lowest BCUT2D eigenvalue weighted by Crippen LogP contribution is -2.18. The lowest BCUT2D eigenvalue weighted by molar-refractivity contribution is 0.556. The second-order valence-electron chi connectivity index (χ2n) is 11.3. The topological polar surface area (TPSA) is 98.0 Å². The third-order valence-electron chi connectivity index (χ3n) is 8.18. The van der Waals surface area contributed by atoms with E-state index in [1.165, 1.54) is 35.6 Å². The minimum Gasteiger partial charge on any atom is -0.463 e. The first kappa shape index (κ1) is 30.5. The average Bonchev–Trinajstić information content (AvgIpc) is 3.96. The number of para-hydroxylation sites is 1. The summed E-state index contributed by atoms with van der Waals surface area (Å²) in [6.07, 6.45) is 5.98. The van der Waals surface area contributed by atoms with E-state index in [2.05, 4.69) is 9.50 Å². The predicted molar refractivity (Wildman–Crippen MR) is 187 cm³/mol. The van der Waals surface area contributed by atoms with Crippen molar-refractivity contribution in [1.29, 1.82) is 0 Å². The molecule has 0 saturated carbocycles. The Kier molecular flexibility index (Phi) is 7.86. The quantitative estimate of drug-likeness (QED) is 0.163. The molecule has 0 spiro atoms. The van der Waals surface area contributed by atoms with Crippen molar-refractivity contribution in [1.82, 2.24) is 14.3 Å². The van der Waals surface area contributed by atoms with E-state index in [9.17, 15) is 12.8 Å². The number of nitrogens with zero attached hydrogens (tertiary/aromatic N) is 6. The van der Waals surface area contributed by atoms with Gasteiger partial charge in [0.1, 0.15) is 17.3 Å². The van der Waals surface area contributed by atoms with Gasteiger partial charge in [-0.3, -0.25) is 9.58 Å². The first-order chi connectivity index (χ1) is 23.9. The Bertz CT molecular complexity index is 2440. The molecule has 3 aromatic heterocycles. The first-order valence-corrected chi connectivity index (χ1v) is 17.7. The lowest BCUT2D eigenvalue weighted by Gasteiger charge is -2.22. The van der Waals surface area contributed by atoms with Crippen molar-refractivity contribution in [2.75, 3.05) is 5.01 Å². The number of anilines is 1. The van der Waals surface area contributed by atoms with Crippen LogP contribution in [0.15, 0.2) is 164 Å². The van der Waals surface area contributed by atoms with Crippen molar-refractivity contribution in [2.24, 2.45) is 9.50 Å². The molecule has 1 aliphatic rings. The first-order valence-electron chi connectivity index (χ1n) is 15.4. The van der Waals surface area contributed by atoms with Crippen LogP contribution in [0.1, 0.15) is 23.8 Å². The molecule has 12 heteroatoms. The Labute approximate surface area is 285 Å². The third-order valence-corrected chi connectivity index (χ3v) is 10.4. The van der Waals surface area contributed by atoms with Crippen LogP contribution >= 0.6 is 11.3 Å². The number of hydrogen-bond acceptors (Lipinski definition) is 7. The fourth-order valence-electron chi connectivity index (χ4n) is 5.78. The zero-order chi connectivity index (χ0) is 33.4. The van der Waals surface area contributed by atoms with Crippen molar-refractivity contribution in [3.63, 3.8) is 0 Å². The van der Waals surface area contributed by atoms with Gasteiger partial charge < -0.3 is 4.42 Å². The van der Waals surface area contributed by atoms with Crippen LogP contribution in [0.25, 0.3) is 22.6 Å². The summed E-state index contributed by atoms with van der Waals surface area (Å²) in [5.41, 5.74) is 5.54. The lowest BCUT2D eigenvalue weighted by atomic mass is 10.0. The SMILES string of the molecule is O=S(=O)(/N=c1/scc(-c2ccccc2)n1-c1ccc(F)cc1)c1ccc(N2N=C(c3ccco3)CC2c2cnn(-c3ccccc3)c2)cc1. The highest BCUT2D eigenvalue weighted by Gasteiger charge is 2.32. The van der Waals surface area contributed by atoms with Crippen LogP contribution in [-0.4, -0.2) is 28.5 Å². The van der Waals surface area contributed by atoms with E-state index in [1.807, 2.05) is 100 Å². The molecule has 0 fully saturated rings. The summed E-state index contributed by atoms with van der Waals surface area (Å²) in [6, 6.07) is 35.3. The second kappa shape index (κ2) is 12.6. The van der Waals surface area contributed by atoms with Gasteiger partial charge in [0.2, 0.25) is 4.80 Å². The van der Waals surface area contributed by atoms with Gasteiger partial charge >= 0.3 is 0 Å². The van der Waals surface area contributed by atoms with Gasteiger partial charge in [-0.2, -0.15) is 18.6 Å². The van der Waals surface area contributed by atoms with E-state index in [0.29, 0.717) is 23.6 Å². The van der Waals surface area contributed by atoms with E-state index < -0.39 is 15.8 Å². The zero-order valence-corrected chi connectivity index (χ0v) is 27.4. The number of halogens is 1. The summed E-state index contributed by atoms with van der Waals surface area (Å²) in [6.45, 7) is 0. The number of hydrogen-bond donors (Lipinski definition) is 0. The maximum atomic E-state index is 13.8. The molecule has 0 bridgehead atoms. The Morgan fingerprint density at radius 2 is 1.53 bits per heavy atom. The molecule has 49 heavy (non-hydrogen) atoms. The van der Waals surface area contributed by atoms with Crippen molar-refractivity contribution in [2.45, 2.75) is 17.4 Å². The van der Waals surface area contributed by atoms with E-state index in [4.69, 9.17) is 9.52 Å². The molecule has 0 N–H and O–H groups in total. The summed E-state index contributed by atoms with van der Waals surface area (Å²) in [7, 11) is -4.14. The third kappa shape index (κ3) is 6.03. The highest BCUT2D eigenvalue weighted by molar-refractivity contribution is 7.90. The normalized spacial score (nSPS) is 15.1. The van der Waals surface area contributed by atoms with Crippen molar-refractivity contribution in [3.05, 3.63) is 167 Å². The Morgan fingerprint density at radius 1 is 0.816 bits per heavy atom. The average molecular weight is 687 g/mol. The monoisotopic (exact) mass is 686 g/mol. The number of hydrazone groups is 1. The van der Waals surface area contributed by atoms with Crippen LogP contribution in [-0.2, 0) is 10.0 Å². The molecule has 242 valence electrons. The minimum absolute atomic E-state index is 0.0273. The van der Waals surface area contributed by atoms with Gasteiger partial charge in [0.05, 0.1) is 40.5 Å². The Morgan fingerprint density at radius 3 is 2.24 bits per heavy atom. The fraction of sp³-hybridized carbons (Fsp3) is 0.0541. The summed E-state index contributed by atoms with van der Waals surface area (Å²) in [4.78, 5) is 0.261. The zero-order valence-electron chi connectivity index (χ0n) is 25.7. The molecule has 9 nitrogen and oxygen atoms in total. The van der Waals surface area contributed by atoms with E-state index >= 15 is 0 Å². The van der Waals surface area contributed by atoms with Gasteiger partial charge in [-0.25, -0.2) is 9.07 Å². The van der Waals surface area contributed by atoms with Crippen LogP contribution in [0.5, 0.6) is 0 Å².